The van der Waals surface area contributed by atoms with Gasteiger partial charge in [0.25, 0.3) is 0 Å². The Morgan fingerprint density at radius 1 is 0.552 bits per heavy atom. The monoisotopic (exact) mass is 881 g/mol. The molecule has 1 aliphatic heterocycles. The highest BCUT2D eigenvalue weighted by Crippen LogP contribution is 2.43. The third-order valence-corrected chi connectivity index (χ3v) is 14.6. The van der Waals surface area contributed by atoms with Crippen molar-refractivity contribution in [2.24, 2.45) is 0 Å². The van der Waals surface area contributed by atoms with E-state index < -0.39 is 32.5 Å². The van der Waals surface area contributed by atoms with E-state index in [-0.39, 0.29) is 38.6 Å². The van der Waals surface area contributed by atoms with E-state index >= 15 is 0 Å². The number of rotatable bonds is 43. The third-order valence-electron chi connectivity index (χ3n) is 10.6. The second-order valence-electron chi connectivity index (χ2n) is 16.2. The predicted octanol–water partition coefficient (Wildman–Crippen LogP) is 13.8. The first kappa shape index (κ1) is 55.2. The summed E-state index contributed by atoms with van der Waals surface area (Å²) in [6, 6.07) is 0. The van der Waals surface area contributed by atoms with Gasteiger partial charge in [-0.2, -0.15) is 0 Å². The Hall–Kier alpha value is -0.780. The number of carbonyl (C=O) groups is 3. The molecule has 1 saturated heterocycles. The van der Waals surface area contributed by atoms with Crippen LogP contribution in [0.2, 0.25) is 0 Å². The summed E-state index contributed by atoms with van der Waals surface area (Å²) in [5, 5.41) is 0.668. The van der Waals surface area contributed by atoms with Gasteiger partial charge in [-0.25, -0.2) is 4.57 Å². The highest BCUT2D eigenvalue weighted by molar-refractivity contribution is 8.77. The molecule has 1 N–H and O–H groups in total. The van der Waals surface area contributed by atoms with Crippen molar-refractivity contribution < 1.29 is 47.1 Å². The lowest BCUT2D eigenvalue weighted by Crippen LogP contribution is -2.29. The van der Waals surface area contributed by atoms with Crippen LogP contribution in [0.3, 0.4) is 0 Å². The summed E-state index contributed by atoms with van der Waals surface area (Å²) in [6.45, 7) is 3.22. The molecule has 10 nitrogen and oxygen atoms in total. The largest absolute Gasteiger partial charge is 0.472 e. The molecule has 0 bridgehead atoms. The maximum Gasteiger partial charge on any atom is 0.472 e. The van der Waals surface area contributed by atoms with E-state index in [0.717, 1.165) is 57.8 Å². The fraction of sp³-hybridized carbons (Fsp3) is 0.933. The first-order valence-electron chi connectivity index (χ1n) is 23.7. The van der Waals surface area contributed by atoms with Crippen molar-refractivity contribution in [2.75, 3.05) is 32.2 Å². The summed E-state index contributed by atoms with van der Waals surface area (Å²) in [7, 11) is -0.729. The van der Waals surface area contributed by atoms with E-state index in [0.29, 0.717) is 18.1 Å². The minimum Gasteiger partial charge on any atom is -0.463 e. The van der Waals surface area contributed by atoms with Crippen molar-refractivity contribution in [3.05, 3.63) is 0 Å². The van der Waals surface area contributed by atoms with Gasteiger partial charge in [0, 0.05) is 30.3 Å². The molecule has 3 atom stereocenters. The maximum atomic E-state index is 12.7. The Bertz CT molecular complexity index is 1030. The van der Waals surface area contributed by atoms with Crippen LogP contribution in [0.25, 0.3) is 0 Å². The molecule has 3 unspecified atom stereocenters. The van der Waals surface area contributed by atoms with Gasteiger partial charge < -0.3 is 19.1 Å². The molecule has 0 aromatic rings. The van der Waals surface area contributed by atoms with Crippen LogP contribution in [0.4, 0.5) is 0 Å². The predicted molar refractivity (Wildman–Crippen MR) is 241 cm³/mol. The fourth-order valence-electron chi connectivity index (χ4n) is 6.99. The molecule has 0 spiro atoms. The van der Waals surface area contributed by atoms with Gasteiger partial charge in [-0.3, -0.25) is 23.4 Å². The summed E-state index contributed by atoms with van der Waals surface area (Å²) >= 11 is 0. The van der Waals surface area contributed by atoms with Crippen molar-refractivity contribution in [3.63, 3.8) is 0 Å². The number of unbranched alkanes of at least 4 members (excludes halogenated alkanes) is 25. The number of carbonyl (C=O) groups excluding carboxylic acids is 3. The van der Waals surface area contributed by atoms with E-state index in [1.165, 1.54) is 134 Å². The van der Waals surface area contributed by atoms with Gasteiger partial charge in [-0.15, -0.1) is 0 Å². The number of hydrogen-bond acceptors (Lipinski definition) is 11. The van der Waals surface area contributed by atoms with Crippen LogP contribution in [-0.4, -0.2) is 66.3 Å². The summed E-state index contributed by atoms with van der Waals surface area (Å²) in [5.74, 6) is -0.0522. The average Bonchev–Trinajstić information content (AvgIpc) is 3.73. The summed E-state index contributed by atoms with van der Waals surface area (Å²) in [6.07, 6.45) is 35.1. The zero-order valence-corrected chi connectivity index (χ0v) is 39.4. The quantitative estimate of drug-likeness (QED) is 0.0205. The highest BCUT2D eigenvalue weighted by Gasteiger charge is 2.26. The van der Waals surface area contributed by atoms with Crippen LogP contribution in [0, 0.1) is 0 Å². The smallest absolute Gasteiger partial charge is 0.463 e. The standard InChI is InChI=1S/C45H85O10PS2/c1-3-5-7-9-11-13-15-17-19-21-23-25-27-32-44(47)52-39-41(55-45(48)34-28-26-24-22-20-18-16-14-12-10-8-6-4-2)40-54-56(49,50)53-37-36-51-43(46)33-30-29-31-42-35-38-57-58-42/h41-42H,3-40H2,1-2H3,(H,49,50). The Labute approximate surface area is 362 Å². The van der Waals surface area contributed by atoms with Gasteiger partial charge in [0.2, 0.25) is 0 Å². The first-order chi connectivity index (χ1) is 28.3. The molecule has 342 valence electrons. The molecule has 1 rings (SSSR count). The van der Waals surface area contributed by atoms with Crippen molar-refractivity contribution in [1.82, 2.24) is 0 Å². The molecule has 1 aliphatic rings. The van der Waals surface area contributed by atoms with Crippen molar-refractivity contribution in [3.8, 4) is 0 Å². The van der Waals surface area contributed by atoms with Gasteiger partial charge in [0.15, 0.2) is 6.10 Å². The minimum absolute atomic E-state index is 0.184. The van der Waals surface area contributed by atoms with Crippen LogP contribution in [-0.2, 0) is 42.2 Å². The Morgan fingerprint density at radius 2 is 0.983 bits per heavy atom. The molecular weight excluding hydrogens is 796 g/mol. The Kier molecular flexibility index (Phi) is 38.4. The van der Waals surface area contributed by atoms with Crippen molar-refractivity contribution >= 4 is 47.3 Å². The lowest BCUT2D eigenvalue weighted by molar-refractivity contribution is -0.161. The van der Waals surface area contributed by atoms with Gasteiger partial charge in [0.1, 0.15) is 13.2 Å². The van der Waals surface area contributed by atoms with E-state index in [1.54, 1.807) is 0 Å². The first-order valence-corrected chi connectivity index (χ1v) is 27.5. The summed E-state index contributed by atoms with van der Waals surface area (Å²) < 4.78 is 38.9. The summed E-state index contributed by atoms with van der Waals surface area (Å²) in [4.78, 5) is 47.6. The van der Waals surface area contributed by atoms with Crippen LogP contribution >= 0.6 is 29.4 Å². The molecule has 0 aromatic heterocycles. The normalized spacial score (nSPS) is 15.6. The van der Waals surface area contributed by atoms with E-state index in [1.807, 2.05) is 21.6 Å². The molecule has 1 heterocycles. The summed E-state index contributed by atoms with van der Waals surface area (Å²) in [5.41, 5.74) is 0. The molecule has 13 heteroatoms. The van der Waals surface area contributed by atoms with E-state index in [2.05, 4.69) is 13.8 Å². The minimum atomic E-state index is -4.56. The van der Waals surface area contributed by atoms with E-state index in [9.17, 15) is 23.8 Å². The second-order valence-corrected chi connectivity index (χ2v) is 20.4. The molecule has 58 heavy (non-hydrogen) atoms. The zero-order chi connectivity index (χ0) is 42.2. The molecule has 0 aromatic carbocycles. The number of phosphoric acid groups is 1. The van der Waals surface area contributed by atoms with Gasteiger partial charge in [0.05, 0.1) is 13.2 Å². The van der Waals surface area contributed by atoms with Crippen LogP contribution in [0.1, 0.15) is 226 Å². The van der Waals surface area contributed by atoms with Crippen LogP contribution < -0.4 is 0 Å². The number of hydrogen-bond donors (Lipinski definition) is 1. The van der Waals surface area contributed by atoms with Crippen LogP contribution in [0.5, 0.6) is 0 Å². The topological polar surface area (TPSA) is 135 Å². The number of ether oxygens (including phenoxy) is 3. The SMILES string of the molecule is CCCCCCCCCCCCCCCC(=O)OCC(COP(=O)(O)OCCOC(=O)CCCCC1CCSS1)OC(=O)CCCCCCCCCCCCCCC. The zero-order valence-electron chi connectivity index (χ0n) is 36.9. The van der Waals surface area contributed by atoms with Crippen molar-refractivity contribution in [2.45, 2.75) is 237 Å². The number of esters is 3. The Balaban J connectivity index is 2.34. The lowest BCUT2D eigenvalue weighted by atomic mass is 10.0. The Morgan fingerprint density at radius 3 is 1.45 bits per heavy atom. The van der Waals surface area contributed by atoms with E-state index in [4.69, 9.17) is 23.3 Å². The highest BCUT2D eigenvalue weighted by atomic mass is 33.1. The number of phosphoric ester groups is 1. The third kappa shape index (κ3) is 37.0. The molecule has 0 amide bonds. The lowest BCUT2D eigenvalue weighted by Gasteiger charge is -2.20. The average molecular weight is 881 g/mol. The molecule has 0 radical (unpaired) electrons. The second kappa shape index (κ2) is 40.3. The maximum absolute atomic E-state index is 12.7. The van der Waals surface area contributed by atoms with Gasteiger partial charge >= 0.3 is 25.7 Å². The van der Waals surface area contributed by atoms with Gasteiger partial charge in [-0.1, -0.05) is 196 Å². The molecule has 0 saturated carbocycles. The molecule has 1 fully saturated rings. The van der Waals surface area contributed by atoms with Crippen molar-refractivity contribution in [1.29, 1.82) is 0 Å². The molecular formula is C45H85O10PS2. The van der Waals surface area contributed by atoms with Crippen LogP contribution in [0.15, 0.2) is 0 Å². The van der Waals surface area contributed by atoms with Gasteiger partial charge in [-0.05, 0) is 32.1 Å². The molecule has 0 aliphatic carbocycles. The fourth-order valence-corrected chi connectivity index (χ4v) is 10.8.